The molecule has 0 bridgehead atoms. The molecule has 5 nitrogen and oxygen atoms in total. The van der Waals surface area contributed by atoms with Crippen LogP contribution in [0.3, 0.4) is 0 Å². The highest BCUT2D eigenvalue weighted by molar-refractivity contribution is 6.01. The van der Waals surface area contributed by atoms with Gasteiger partial charge in [0, 0.05) is 6.54 Å². The van der Waals surface area contributed by atoms with E-state index >= 15 is 0 Å². The van der Waals surface area contributed by atoms with E-state index < -0.39 is 5.91 Å². The van der Waals surface area contributed by atoms with Crippen molar-refractivity contribution >= 4 is 12.0 Å². The number of hydrogen-bond donors (Lipinski definition) is 2. The SMILES string of the molecule is CCOc1ccc(/C=C(/C#N)C(=O)NCCO)cc1. The summed E-state index contributed by atoms with van der Waals surface area (Å²) in [6.45, 7) is 2.45. The van der Waals surface area contributed by atoms with Gasteiger partial charge in [-0.05, 0) is 30.7 Å². The summed E-state index contributed by atoms with van der Waals surface area (Å²) in [6, 6.07) is 8.91. The molecule has 1 rings (SSSR count). The van der Waals surface area contributed by atoms with Crippen molar-refractivity contribution in [3.05, 3.63) is 35.4 Å². The van der Waals surface area contributed by atoms with Crippen molar-refractivity contribution in [2.75, 3.05) is 19.8 Å². The summed E-state index contributed by atoms with van der Waals surface area (Å²) in [5.41, 5.74) is 0.733. The zero-order chi connectivity index (χ0) is 14.1. The molecule has 0 aliphatic rings. The fraction of sp³-hybridized carbons (Fsp3) is 0.286. The van der Waals surface area contributed by atoms with Crippen LogP contribution in [0.5, 0.6) is 5.75 Å². The Morgan fingerprint density at radius 2 is 2.16 bits per heavy atom. The monoisotopic (exact) mass is 260 g/mol. The van der Waals surface area contributed by atoms with Crippen molar-refractivity contribution < 1.29 is 14.6 Å². The number of nitriles is 1. The Morgan fingerprint density at radius 1 is 1.47 bits per heavy atom. The number of carbonyl (C=O) groups is 1. The molecule has 0 aromatic heterocycles. The molecular weight excluding hydrogens is 244 g/mol. The third-order valence-electron chi connectivity index (χ3n) is 2.26. The van der Waals surface area contributed by atoms with Crippen LogP contribution in [0.25, 0.3) is 6.08 Å². The first-order chi connectivity index (χ1) is 9.21. The molecule has 0 unspecified atom stereocenters. The molecule has 0 saturated heterocycles. The highest BCUT2D eigenvalue weighted by Gasteiger charge is 2.07. The minimum atomic E-state index is -0.495. The van der Waals surface area contributed by atoms with Crippen LogP contribution in [0.1, 0.15) is 12.5 Å². The second-order valence-electron chi connectivity index (χ2n) is 3.65. The lowest BCUT2D eigenvalue weighted by Gasteiger charge is -2.03. The molecule has 100 valence electrons. The van der Waals surface area contributed by atoms with Crippen LogP contribution >= 0.6 is 0 Å². The van der Waals surface area contributed by atoms with Crippen molar-refractivity contribution in [2.24, 2.45) is 0 Å². The largest absolute Gasteiger partial charge is 0.494 e. The second-order valence-corrected chi connectivity index (χ2v) is 3.65. The standard InChI is InChI=1S/C14H16N2O3/c1-2-19-13-5-3-11(4-6-13)9-12(10-15)14(18)16-7-8-17/h3-6,9,17H,2,7-8H2,1H3,(H,16,18)/b12-9-. The number of nitrogens with zero attached hydrogens (tertiary/aromatic N) is 1. The molecule has 0 fully saturated rings. The summed E-state index contributed by atoms with van der Waals surface area (Å²) in [7, 11) is 0. The normalized spacial score (nSPS) is 10.7. The van der Waals surface area contributed by atoms with E-state index in [1.54, 1.807) is 24.3 Å². The van der Waals surface area contributed by atoms with E-state index in [-0.39, 0.29) is 18.7 Å². The van der Waals surface area contributed by atoms with E-state index in [4.69, 9.17) is 15.1 Å². The third kappa shape index (κ3) is 4.82. The molecule has 2 N–H and O–H groups in total. The molecule has 0 aliphatic heterocycles. The van der Waals surface area contributed by atoms with Crippen molar-refractivity contribution in [1.82, 2.24) is 5.32 Å². The predicted molar refractivity (Wildman–Crippen MR) is 71.3 cm³/mol. The summed E-state index contributed by atoms with van der Waals surface area (Å²) >= 11 is 0. The van der Waals surface area contributed by atoms with Gasteiger partial charge in [-0.25, -0.2) is 0 Å². The van der Waals surface area contributed by atoms with E-state index in [1.165, 1.54) is 6.08 Å². The fourth-order valence-corrected chi connectivity index (χ4v) is 1.41. The topological polar surface area (TPSA) is 82.3 Å². The number of rotatable bonds is 6. The lowest BCUT2D eigenvalue weighted by atomic mass is 10.1. The molecule has 1 aromatic carbocycles. The highest BCUT2D eigenvalue weighted by Crippen LogP contribution is 2.14. The van der Waals surface area contributed by atoms with Crippen LogP contribution in [0.15, 0.2) is 29.8 Å². The molecule has 1 amide bonds. The van der Waals surface area contributed by atoms with Gasteiger partial charge in [0.05, 0.1) is 13.2 Å². The van der Waals surface area contributed by atoms with Crippen LogP contribution < -0.4 is 10.1 Å². The highest BCUT2D eigenvalue weighted by atomic mass is 16.5. The first-order valence-electron chi connectivity index (χ1n) is 5.95. The zero-order valence-corrected chi connectivity index (χ0v) is 10.7. The van der Waals surface area contributed by atoms with E-state index in [0.717, 1.165) is 11.3 Å². The minimum Gasteiger partial charge on any atom is -0.494 e. The molecule has 0 spiro atoms. The number of benzene rings is 1. The van der Waals surface area contributed by atoms with Crippen LogP contribution in [0.4, 0.5) is 0 Å². The molecule has 5 heteroatoms. The number of aliphatic hydroxyl groups is 1. The van der Waals surface area contributed by atoms with Crippen LogP contribution in [-0.4, -0.2) is 30.8 Å². The molecule has 19 heavy (non-hydrogen) atoms. The Balaban J connectivity index is 2.80. The summed E-state index contributed by atoms with van der Waals surface area (Å²) in [6.07, 6.45) is 1.49. The molecular formula is C14H16N2O3. The Bertz CT molecular complexity index is 486. The number of aliphatic hydroxyl groups excluding tert-OH is 1. The average Bonchev–Trinajstić information content (AvgIpc) is 2.44. The van der Waals surface area contributed by atoms with Gasteiger partial charge < -0.3 is 15.2 Å². The number of nitrogens with one attached hydrogen (secondary N) is 1. The van der Waals surface area contributed by atoms with E-state index in [1.807, 2.05) is 13.0 Å². The Hall–Kier alpha value is -2.32. The van der Waals surface area contributed by atoms with Gasteiger partial charge in [-0.3, -0.25) is 4.79 Å². The van der Waals surface area contributed by atoms with Gasteiger partial charge in [0.2, 0.25) is 0 Å². The Kier molecular flexibility index (Phi) is 6.13. The Morgan fingerprint density at radius 3 is 2.68 bits per heavy atom. The summed E-state index contributed by atoms with van der Waals surface area (Å²) in [5.74, 6) is 0.244. The van der Waals surface area contributed by atoms with Gasteiger partial charge in [-0.15, -0.1) is 0 Å². The molecule has 0 radical (unpaired) electrons. The molecule has 0 saturated carbocycles. The van der Waals surface area contributed by atoms with Gasteiger partial charge in [0.1, 0.15) is 17.4 Å². The second kappa shape index (κ2) is 7.90. The summed E-state index contributed by atoms with van der Waals surface area (Å²) in [5, 5.41) is 20.0. The van der Waals surface area contributed by atoms with Crippen molar-refractivity contribution in [3.8, 4) is 11.8 Å². The van der Waals surface area contributed by atoms with Crippen LogP contribution in [0.2, 0.25) is 0 Å². The quantitative estimate of drug-likeness (QED) is 0.592. The average molecular weight is 260 g/mol. The number of amides is 1. The van der Waals surface area contributed by atoms with Crippen LogP contribution in [0, 0.1) is 11.3 Å². The Labute approximate surface area is 112 Å². The smallest absolute Gasteiger partial charge is 0.262 e. The van der Waals surface area contributed by atoms with Gasteiger partial charge in [-0.2, -0.15) is 5.26 Å². The minimum absolute atomic E-state index is 0.00221. The first kappa shape index (κ1) is 14.7. The summed E-state index contributed by atoms with van der Waals surface area (Å²) < 4.78 is 5.30. The van der Waals surface area contributed by atoms with Gasteiger partial charge in [0.15, 0.2) is 0 Å². The van der Waals surface area contributed by atoms with Crippen molar-refractivity contribution in [2.45, 2.75) is 6.92 Å². The van der Waals surface area contributed by atoms with Gasteiger partial charge in [0.25, 0.3) is 5.91 Å². The fourth-order valence-electron chi connectivity index (χ4n) is 1.41. The maximum atomic E-state index is 11.6. The predicted octanol–water partition coefficient (Wildman–Crippen LogP) is 1.10. The number of carbonyl (C=O) groups excluding carboxylic acids is 1. The van der Waals surface area contributed by atoms with Gasteiger partial charge >= 0.3 is 0 Å². The molecule has 0 aliphatic carbocycles. The van der Waals surface area contributed by atoms with Gasteiger partial charge in [-0.1, -0.05) is 12.1 Å². The van der Waals surface area contributed by atoms with E-state index in [9.17, 15) is 4.79 Å². The first-order valence-corrected chi connectivity index (χ1v) is 5.95. The maximum absolute atomic E-state index is 11.6. The lowest BCUT2D eigenvalue weighted by Crippen LogP contribution is -2.27. The van der Waals surface area contributed by atoms with Crippen molar-refractivity contribution in [3.63, 3.8) is 0 Å². The third-order valence-corrected chi connectivity index (χ3v) is 2.26. The maximum Gasteiger partial charge on any atom is 0.262 e. The van der Waals surface area contributed by atoms with Crippen molar-refractivity contribution in [1.29, 1.82) is 5.26 Å². The summed E-state index contributed by atoms with van der Waals surface area (Å²) in [4.78, 5) is 11.6. The number of hydrogen-bond acceptors (Lipinski definition) is 4. The number of ether oxygens (including phenoxy) is 1. The zero-order valence-electron chi connectivity index (χ0n) is 10.7. The van der Waals surface area contributed by atoms with Crippen LogP contribution in [-0.2, 0) is 4.79 Å². The molecule has 1 aromatic rings. The molecule has 0 atom stereocenters. The lowest BCUT2D eigenvalue weighted by molar-refractivity contribution is -0.117. The van der Waals surface area contributed by atoms with E-state index in [2.05, 4.69) is 5.32 Å². The molecule has 0 heterocycles. The van der Waals surface area contributed by atoms with E-state index in [0.29, 0.717) is 6.61 Å².